The van der Waals surface area contributed by atoms with Crippen molar-refractivity contribution in [2.45, 2.75) is 52.0 Å². The predicted molar refractivity (Wildman–Crippen MR) is 76.9 cm³/mol. The zero-order valence-corrected chi connectivity index (χ0v) is 13.3. The molecule has 1 heterocycles. The molecule has 1 aromatic carbocycles. The molecule has 0 unspecified atom stereocenters. The summed E-state index contributed by atoms with van der Waals surface area (Å²) in [5.41, 5.74) is -1.47. The molecule has 0 amide bonds. The third kappa shape index (κ3) is 2.94. The molecule has 1 aliphatic rings. The van der Waals surface area contributed by atoms with Crippen molar-refractivity contribution in [1.29, 1.82) is 0 Å². The van der Waals surface area contributed by atoms with Crippen molar-refractivity contribution in [3.05, 3.63) is 28.3 Å². The molecule has 116 valence electrons. The van der Waals surface area contributed by atoms with Gasteiger partial charge in [-0.15, -0.1) is 0 Å². The van der Waals surface area contributed by atoms with Crippen LogP contribution in [0.4, 0.5) is 13.2 Å². The molecule has 0 N–H and O–H groups in total. The Balaban J connectivity index is 2.48. The van der Waals surface area contributed by atoms with Gasteiger partial charge in [0.1, 0.15) is 0 Å². The lowest BCUT2D eigenvalue weighted by atomic mass is 9.77. The second kappa shape index (κ2) is 4.90. The number of rotatable bonds is 1. The first-order valence-electron chi connectivity index (χ1n) is 6.58. The van der Waals surface area contributed by atoms with Crippen LogP contribution in [0.15, 0.2) is 12.1 Å². The molecule has 2 nitrogen and oxygen atoms in total. The zero-order chi connectivity index (χ0) is 16.2. The molecule has 0 saturated carbocycles. The summed E-state index contributed by atoms with van der Waals surface area (Å²) in [7, 11) is -0.913. The van der Waals surface area contributed by atoms with E-state index >= 15 is 0 Å². The fraction of sp³-hybridized carbons (Fsp3) is 0.571. The van der Waals surface area contributed by atoms with Crippen LogP contribution in [0, 0.1) is 6.92 Å². The maximum absolute atomic E-state index is 12.9. The molecule has 1 saturated heterocycles. The van der Waals surface area contributed by atoms with Gasteiger partial charge < -0.3 is 9.31 Å². The van der Waals surface area contributed by atoms with E-state index in [2.05, 4.69) is 0 Å². The summed E-state index contributed by atoms with van der Waals surface area (Å²) in [5, 5.41) is 0.238. The average Bonchev–Trinajstić information content (AvgIpc) is 2.50. The van der Waals surface area contributed by atoms with E-state index in [9.17, 15) is 13.2 Å². The molecule has 1 aromatic rings. The Hall–Kier alpha value is -0.715. The second-order valence-electron chi connectivity index (χ2n) is 6.28. The normalized spacial score (nSPS) is 20.9. The molecule has 0 atom stereocenters. The first kappa shape index (κ1) is 16.7. The van der Waals surface area contributed by atoms with Crippen LogP contribution < -0.4 is 5.46 Å². The highest BCUT2D eigenvalue weighted by Gasteiger charge is 2.52. The molecule has 0 radical (unpaired) electrons. The fourth-order valence-corrected chi connectivity index (χ4v) is 2.30. The van der Waals surface area contributed by atoms with Crippen molar-refractivity contribution in [3.8, 4) is 0 Å². The van der Waals surface area contributed by atoms with E-state index in [1.807, 2.05) is 27.7 Å². The number of hydrogen-bond donors (Lipinski definition) is 0. The number of hydrogen-bond acceptors (Lipinski definition) is 2. The fourth-order valence-electron chi connectivity index (χ4n) is 2.10. The summed E-state index contributed by atoms with van der Waals surface area (Å²) in [4.78, 5) is 0. The van der Waals surface area contributed by atoms with E-state index < -0.39 is 30.1 Å². The van der Waals surface area contributed by atoms with Gasteiger partial charge in [0, 0.05) is 10.5 Å². The molecule has 2 rings (SSSR count). The smallest absolute Gasteiger partial charge is 0.399 e. The Bertz CT molecular complexity index is 554. The highest BCUT2D eigenvalue weighted by atomic mass is 35.5. The molecule has 1 fully saturated rings. The third-order valence-corrected chi connectivity index (χ3v) is 4.63. The van der Waals surface area contributed by atoms with Crippen LogP contribution in [-0.2, 0) is 15.5 Å². The van der Waals surface area contributed by atoms with E-state index in [1.54, 1.807) is 0 Å². The van der Waals surface area contributed by atoms with E-state index in [1.165, 1.54) is 6.92 Å². The summed E-state index contributed by atoms with van der Waals surface area (Å²) >= 11 is 6.15. The molecule has 0 aliphatic carbocycles. The van der Waals surface area contributed by atoms with Gasteiger partial charge in [0.05, 0.1) is 16.8 Å². The summed E-state index contributed by atoms with van der Waals surface area (Å²) < 4.78 is 50.4. The summed E-state index contributed by atoms with van der Waals surface area (Å²) in [5.74, 6) is 0. The lowest BCUT2D eigenvalue weighted by Gasteiger charge is -2.32. The van der Waals surface area contributed by atoms with Gasteiger partial charge in [-0.3, -0.25) is 0 Å². The van der Waals surface area contributed by atoms with Crippen LogP contribution in [0.5, 0.6) is 0 Å². The highest BCUT2D eigenvalue weighted by molar-refractivity contribution is 6.65. The number of alkyl halides is 3. The summed E-state index contributed by atoms with van der Waals surface area (Å²) in [6.45, 7) is 8.87. The minimum Gasteiger partial charge on any atom is -0.399 e. The molecular formula is C14H17BClF3O2. The number of aryl methyl sites for hydroxylation is 1. The minimum absolute atomic E-state index is 0.211. The minimum atomic E-state index is -4.44. The van der Waals surface area contributed by atoms with Crippen LogP contribution in [-0.4, -0.2) is 18.3 Å². The Morgan fingerprint density at radius 2 is 1.52 bits per heavy atom. The SMILES string of the molecule is Cc1cc(C(F)(F)F)cc(B2OC(C)(C)C(C)(C)O2)c1Cl. The first-order valence-corrected chi connectivity index (χ1v) is 6.96. The lowest BCUT2D eigenvalue weighted by molar-refractivity contribution is -0.137. The van der Waals surface area contributed by atoms with Crippen molar-refractivity contribution in [2.24, 2.45) is 0 Å². The number of benzene rings is 1. The maximum Gasteiger partial charge on any atom is 0.496 e. The van der Waals surface area contributed by atoms with E-state index in [-0.39, 0.29) is 10.5 Å². The Kier molecular flexibility index (Phi) is 3.88. The van der Waals surface area contributed by atoms with Crippen LogP contribution in [0.25, 0.3) is 0 Å². The van der Waals surface area contributed by atoms with Gasteiger partial charge in [0.25, 0.3) is 0 Å². The summed E-state index contributed by atoms with van der Waals surface area (Å²) in [6.07, 6.45) is -4.44. The molecule has 21 heavy (non-hydrogen) atoms. The van der Waals surface area contributed by atoms with Gasteiger partial charge >= 0.3 is 13.3 Å². The second-order valence-corrected chi connectivity index (χ2v) is 6.66. The monoisotopic (exact) mass is 320 g/mol. The quantitative estimate of drug-likeness (QED) is 0.729. The van der Waals surface area contributed by atoms with Crippen LogP contribution in [0.1, 0.15) is 38.8 Å². The van der Waals surface area contributed by atoms with Crippen LogP contribution >= 0.6 is 11.6 Å². The number of halogens is 4. The molecule has 0 bridgehead atoms. The van der Waals surface area contributed by atoms with Crippen molar-refractivity contribution < 1.29 is 22.5 Å². The topological polar surface area (TPSA) is 18.5 Å². The molecule has 0 aromatic heterocycles. The van der Waals surface area contributed by atoms with Gasteiger partial charge in [-0.1, -0.05) is 11.6 Å². The van der Waals surface area contributed by atoms with Crippen molar-refractivity contribution in [3.63, 3.8) is 0 Å². The van der Waals surface area contributed by atoms with Gasteiger partial charge in [0.2, 0.25) is 0 Å². The zero-order valence-electron chi connectivity index (χ0n) is 12.6. The third-order valence-electron chi connectivity index (χ3n) is 4.12. The van der Waals surface area contributed by atoms with Gasteiger partial charge in [-0.25, -0.2) is 0 Å². The average molecular weight is 321 g/mol. The van der Waals surface area contributed by atoms with E-state index in [4.69, 9.17) is 20.9 Å². The van der Waals surface area contributed by atoms with Gasteiger partial charge in [-0.2, -0.15) is 13.2 Å². The maximum atomic E-state index is 12.9. The Labute approximate surface area is 127 Å². The molecule has 1 aliphatic heterocycles. The van der Waals surface area contributed by atoms with Crippen LogP contribution in [0.3, 0.4) is 0 Å². The van der Waals surface area contributed by atoms with E-state index in [0.29, 0.717) is 5.56 Å². The Morgan fingerprint density at radius 3 is 1.95 bits per heavy atom. The molecular weight excluding hydrogens is 303 g/mol. The van der Waals surface area contributed by atoms with E-state index in [0.717, 1.165) is 12.1 Å². The Morgan fingerprint density at radius 1 is 1.05 bits per heavy atom. The highest BCUT2D eigenvalue weighted by Crippen LogP contribution is 2.38. The molecule has 7 heteroatoms. The summed E-state index contributed by atoms with van der Waals surface area (Å²) in [6, 6.07) is 2.02. The van der Waals surface area contributed by atoms with Crippen molar-refractivity contribution >= 4 is 24.2 Å². The molecule has 0 spiro atoms. The first-order chi connectivity index (χ1) is 9.35. The van der Waals surface area contributed by atoms with Crippen molar-refractivity contribution in [1.82, 2.24) is 0 Å². The van der Waals surface area contributed by atoms with Crippen LogP contribution in [0.2, 0.25) is 5.02 Å². The predicted octanol–water partition coefficient (Wildman–Crippen LogP) is 3.97. The van der Waals surface area contributed by atoms with Gasteiger partial charge in [0.15, 0.2) is 0 Å². The van der Waals surface area contributed by atoms with Gasteiger partial charge in [-0.05, 0) is 52.3 Å². The standard InChI is InChI=1S/C14H17BClF3O2/c1-8-6-9(14(17,18)19)7-10(11(8)16)15-20-12(2,3)13(4,5)21-15/h6-7H,1-5H3. The lowest BCUT2D eigenvalue weighted by Crippen LogP contribution is -2.41. The van der Waals surface area contributed by atoms with Crippen molar-refractivity contribution in [2.75, 3.05) is 0 Å². The largest absolute Gasteiger partial charge is 0.496 e.